The van der Waals surface area contributed by atoms with Gasteiger partial charge >= 0.3 is 0 Å². The van der Waals surface area contributed by atoms with Crippen LogP contribution in [0, 0.1) is 0 Å². The van der Waals surface area contributed by atoms with Crippen molar-refractivity contribution in [3.63, 3.8) is 0 Å². The van der Waals surface area contributed by atoms with Crippen molar-refractivity contribution in [2.24, 2.45) is 0 Å². The molecule has 0 N–H and O–H groups in total. The third kappa shape index (κ3) is 6.82. The van der Waals surface area contributed by atoms with Crippen LogP contribution in [-0.4, -0.2) is 7.11 Å². The number of anilines is 2. The zero-order chi connectivity index (χ0) is 26.7. The van der Waals surface area contributed by atoms with Crippen LogP contribution in [-0.2, 0) is 0 Å². The maximum Gasteiger partial charge on any atom is 0.119 e. The van der Waals surface area contributed by atoms with E-state index < -0.39 is 0 Å². The van der Waals surface area contributed by atoms with Gasteiger partial charge in [-0.3, -0.25) is 0 Å². The van der Waals surface area contributed by atoms with Crippen molar-refractivity contribution in [1.29, 1.82) is 0 Å². The van der Waals surface area contributed by atoms with E-state index in [4.69, 9.17) is 4.74 Å². The Morgan fingerprint density at radius 1 is 0.513 bits per heavy atom. The average molecular weight is 506 g/mol. The largest absolute Gasteiger partial charge is 0.497 e. The highest BCUT2D eigenvalue weighted by Gasteiger charge is 2.12. The summed E-state index contributed by atoms with van der Waals surface area (Å²) in [5.41, 5.74) is 7.91. The van der Waals surface area contributed by atoms with Gasteiger partial charge in [-0.2, -0.15) is 0 Å². The van der Waals surface area contributed by atoms with Gasteiger partial charge in [0.05, 0.1) is 7.11 Å². The normalized spacial score (nSPS) is 11.0. The van der Waals surface area contributed by atoms with Crippen LogP contribution in [0.25, 0.3) is 17.7 Å². The first-order valence-corrected chi connectivity index (χ1v) is 13.1. The molecule has 0 bridgehead atoms. The van der Waals surface area contributed by atoms with E-state index in [1.54, 1.807) is 7.11 Å². The first kappa shape index (κ1) is 25.6. The number of hydrogen-bond acceptors (Lipinski definition) is 2. The van der Waals surface area contributed by atoms with Crippen LogP contribution in [0.4, 0.5) is 11.4 Å². The lowest BCUT2D eigenvalue weighted by Crippen LogP contribution is -2.10. The number of rotatable bonds is 9. The van der Waals surface area contributed by atoms with Crippen molar-refractivity contribution in [3.8, 4) is 5.75 Å². The van der Waals surface area contributed by atoms with Crippen molar-refractivity contribution in [2.75, 3.05) is 12.0 Å². The molecule has 0 aliphatic carbocycles. The van der Waals surface area contributed by atoms with Crippen molar-refractivity contribution in [1.82, 2.24) is 0 Å². The van der Waals surface area contributed by atoms with E-state index in [1.165, 1.54) is 5.56 Å². The average Bonchev–Trinajstić information content (AvgIpc) is 3.02. The number of benzene rings is 5. The molecule has 0 saturated heterocycles. The molecule has 0 amide bonds. The first-order chi connectivity index (χ1) is 19.3. The lowest BCUT2D eigenvalue weighted by Gasteiger charge is -2.24. The van der Waals surface area contributed by atoms with Crippen molar-refractivity contribution < 1.29 is 4.74 Å². The summed E-state index contributed by atoms with van der Waals surface area (Å²) in [6, 6.07) is 48.2. The van der Waals surface area contributed by atoms with Crippen LogP contribution >= 0.6 is 0 Å². The van der Waals surface area contributed by atoms with E-state index in [1.807, 2.05) is 30.3 Å². The summed E-state index contributed by atoms with van der Waals surface area (Å²) in [5, 5.41) is 0. The third-order valence-corrected chi connectivity index (χ3v) is 6.44. The van der Waals surface area contributed by atoms with Crippen molar-refractivity contribution in [3.05, 3.63) is 180 Å². The Hall–Kier alpha value is -5.08. The fourth-order valence-electron chi connectivity index (χ4n) is 4.36. The van der Waals surface area contributed by atoms with Gasteiger partial charge in [-0.15, -0.1) is 0 Å². The maximum atomic E-state index is 5.42. The van der Waals surface area contributed by atoms with Crippen LogP contribution in [0.1, 0.15) is 22.3 Å². The highest BCUT2D eigenvalue weighted by molar-refractivity contribution is 5.84. The predicted octanol–water partition coefficient (Wildman–Crippen LogP) is 9.65. The molecule has 0 spiro atoms. The van der Waals surface area contributed by atoms with Crippen molar-refractivity contribution >= 4 is 29.1 Å². The van der Waals surface area contributed by atoms with Gasteiger partial charge in [-0.25, -0.2) is 0 Å². The molecule has 0 radical (unpaired) electrons. The van der Waals surface area contributed by atoms with Crippen LogP contribution in [0.3, 0.4) is 0 Å². The van der Waals surface area contributed by atoms with Gasteiger partial charge in [-0.1, -0.05) is 127 Å². The molecular formula is C37H31NO. The summed E-state index contributed by atoms with van der Waals surface area (Å²) >= 11 is 0. The molecule has 0 heterocycles. The molecule has 5 aromatic carbocycles. The zero-order valence-corrected chi connectivity index (χ0v) is 22.0. The number of methoxy groups -OCH3 is 1. The molecular weight excluding hydrogens is 474 g/mol. The highest BCUT2D eigenvalue weighted by Crippen LogP contribution is 2.32. The van der Waals surface area contributed by atoms with E-state index in [0.29, 0.717) is 0 Å². The summed E-state index contributed by atoms with van der Waals surface area (Å²) in [6.45, 7) is 0. The van der Waals surface area contributed by atoms with E-state index in [2.05, 4.69) is 145 Å². The SMILES string of the molecule is COc1ccc(N(C=C(c2ccccc2)c2ccccc2)c2ccc(C=CC=Cc3ccccc3)cc2)cc1. The zero-order valence-electron chi connectivity index (χ0n) is 22.0. The van der Waals surface area contributed by atoms with E-state index >= 15 is 0 Å². The second-order valence-corrected chi connectivity index (χ2v) is 9.06. The molecule has 2 nitrogen and oxygen atoms in total. The Morgan fingerprint density at radius 2 is 0.949 bits per heavy atom. The number of allylic oxidation sites excluding steroid dienone is 2. The molecule has 0 unspecified atom stereocenters. The molecule has 0 aromatic heterocycles. The maximum absolute atomic E-state index is 5.42. The topological polar surface area (TPSA) is 12.5 Å². The van der Waals surface area contributed by atoms with Gasteiger partial charge < -0.3 is 9.64 Å². The van der Waals surface area contributed by atoms with Crippen molar-refractivity contribution in [2.45, 2.75) is 0 Å². The quantitative estimate of drug-likeness (QED) is 0.185. The van der Waals surface area contributed by atoms with E-state index in [9.17, 15) is 0 Å². The molecule has 5 aromatic rings. The second kappa shape index (κ2) is 12.9. The highest BCUT2D eigenvalue weighted by atomic mass is 16.5. The van der Waals surface area contributed by atoms with Gasteiger partial charge in [0.15, 0.2) is 0 Å². The molecule has 39 heavy (non-hydrogen) atoms. The molecule has 0 aliphatic rings. The van der Waals surface area contributed by atoms with Crippen LogP contribution in [0.5, 0.6) is 5.75 Å². The van der Waals surface area contributed by atoms with Crippen LogP contribution in [0.2, 0.25) is 0 Å². The van der Waals surface area contributed by atoms with Gasteiger partial charge in [0.1, 0.15) is 5.75 Å². The summed E-state index contributed by atoms with van der Waals surface area (Å²) in [6.07, 6.45) is 10.6. The summed E-state index contributed by atoms with van der Waals surface area (Å²) in [4.78, 5) is 2.23. The molecule has 0 saturated carbocycles. The van der Waals surface area contributed by atoms with Crippen LogP contribution in [0.15, 0.2) is 158 Å². The second-order valence-electron chi connectivity index (χ2n) is 9.06. The first-order valence-electron chi connectivity index (χ1n) is 13.1. The molecule has 2 heteroatoms. The lowest BCUT2D eigenvalue weighted by molar-refractivity contribution is 0.415. The van der Waals surface area contributed by atoms with E-state index in [-0.39, 0.29) is 0 Å². The molecule has 0 fully saturated rings. The Kier molecular flexibility index (Phi) is 8.48. The summed E-state index contributed by atoms with van der Waals surface area (Å²) in [7, 11) is 1.69. The Balaban J connectivity index is 1.50. The van der Waals surface area contributed by atoms with Gasteiger partial charge in [0, 0.05) is 23.1 Å². The molecule has 0 aliphatic heterocycles. The summed E-state index contributed by atoms with van der Waals surface area (Å²) < 4.78 is 5.42. The fraction of sp³-hybridized carbons (Fsp3) is 0.0270. The Bertz CT molecular complexity index is 1490. The van der Waals surface area contributed by atoms with E-state index in [0.717, 1.165) is 39.4 Å². The minimum Gasteiger partial charge on any atom is -0.497 e. The standard InChI is InChI=1S/C37H31NO/c1-39-36-27-25-35(26-28-36)38(29-37(32-17-7-3-8-18-32)33-19-9-4-10-20-33)34-23-21-31(22-24-34)16-12-11-15-30-13-5-2-6-14-30/h2-29H,1H3. The van der Waals surface area contributed by atoms with Gasteiger partial charge in [0.25, 0.3) is 0 Å². The smallest absolute Gasteiger partial charge is 0.119 e. The Morgan fingerprint density at radius 3 is 1.44 bits per heavy atom. The number of nitrogens with zero attached hydrogens (tertiary/aromatic N) is 1. The monoisotopic (exact) mass is 505 g/mol. The molecule has 5 rings (SSSR count). The summed E-state index contributed by atoms with van der Waals surface area (Å²) in [5.74, 6) is 0.832. The number of ether oxygens (including phenoxy) is 1. The number of hydrogen-bond donors (Lipinski definition) is 0. The Labute approximate surface area is 231 Å². The minimum atomic E-state index is 0.832. The third-order valence-electron chi connectivity index (χ3n) is 6.44. The predicted molar refractivity (Wildman–Crippen MR) is 166 cm³/mol. The minimum absolute atomic E-state index is 0.832. The fourth-order valence-corrected chi connectivity index (χ4v) is 4.36. The lowest BCUT2D eigenvalue weighted by atomic mass is 9.98. The van der Waals surface area contributed by atoms with Gasteiger partial charge in [-0.05, 0) is 58.7 Å². The molecule has 190 valence electrons. The van der Waals surface area contributed by atoms with Crippen LogP contribution < -0.4 is 9.64 Å². The van der Waals surface area contributed by atoms with Gasteiger partial charge in [0.2, 0.25) is 0 Å². The molecule has 0 atom stereocenters.